The van der Waals surface area contributed by atoms with Crippen LogP contribution in [0.15, 0.2) is 16.9 Å². The number of hydrogen-bond donors (Lipinski definition) is 1. The van der Waals surface area contributed by atoms with Crippen molar-refractivity contribution in [3.63, 3.8) is 0 Å². The van der Waals surface area contributed by atoms with Crippen LogP contribution < -0.4 is 15.4 Å². The summed E-state index contributed by atoms with van der Waals surface area (Å²) >= 11 is 0. The lowest BCUT2D eigenvalue weighted by molar-refractivity contribution is -0.129. The van der Waals surface area contributed by atoms with Gasteiger partial charge >= 0.3 is 0 Å². The highest BCUT2D eigenvalue weighted by Gasteiger charge is 2.33. The third-order valence-electron chi connectivity index (χ3n) is 4.80. The summed E-state index contributed by atoms with van der Waals surface area (Å²) in [6.07, 6.45) is 1.77. The van der Waals surface area contributed by atoms with Crippen molar-refractivity contribution in [3.05, 3.63) is 22.5 Å². The molecule has 1 aromatic rings. The van der Waals surface area contributed by atoms with Gasteiger partial charge in [-0.05, 0) is 19.8 Å². The summed E-state index contributed by atoms with van der Waals surface area (Å²) < 4.78 is 5.48. The molecule has 0 bridgehead atoms. The minimum Gasteiger partial charge on any atom is -0.377 e. The fourth-order valence-corrected chi connectivity index (χ4v) is 3.56. The molecule has 1 N–H and O–H groups in total. The number of morpholine rings is 1. The summed E-state index contributed by atoms with van der Waals surface area (Å²) in [4.78, 5) is 33.4. The summed E-state index contributed by atoms with van der Waals surface area (Å²) in [5, 5.41) is 0. The van der Waals surface area contributed by atoms with E-state index in [0.717, 1.165) is 37.4 Å². The van der Waals surface area contributed by atoms with Crippen LogP contribution in [0.1, 0.15) is 19.8 Å². The first kappa shape index (κ1) is 16.8. The lowest BCUT2D eigenvalue weighted by Crippen LogP contribution is -2.45. The molecule has 0 radical (unpaired) electrons. The first-order chi connectivity index (χ1) is 11.5. The van der Waals surface area contributed by atoms with E-state index in [1.54, 1.807) is 25.1 Å². The third kappa shape index (κ3) is 3.26. The molecule has 132 valence electrons. The van der Waals surface area contributed by atoms with Crippen molar-refractivity contribution in [3.8, 4) is 0 Å². The second kappa shape index (κ2) is 6.84. The monoisotopic (exact) mass is 334 g/mol. The van der Waals surface area contributed by atoms with Gasteiger partial charge in [0.1, 0.15) is 11.9 Å². The Kier molecular flexibility index (Phi) is 4.80. The average molecular weight is 334 g/mol. The predicted molar refractivity (Wildman–Crippen MR) is 93.8 cm³/mol. The number of aromatic nitrogens is 1. The number of nitrogens with one attached hydrogen (secondary N) is 1. The van der Waals surface area contributed by atoms with Crippen molar-refractivity contribution >= 4 is 17.4 Å². The number of carbonyl (C=O) groups excluding carboxylic acids is 1. The summed E-state index contributed by atoms with van der Waals surface area (Å²) in [6.45, 7) is 4.96. The largest absolute Gasteiger partial charge is 0.377 e. The molecule has 3 heterocycles. The van der Waals surface area contributed by atoms with Crippen LogP contribution in [0.25, 0.3) is 0 Å². The van der Waals surface area contributed by atoms with Crippen LogP contribution in [0, 0.1) is 0 Å². The standard InChI is InChI=1S/C17H26N4O3/c1-12-11-24-8-7-20(12)13-9-15(18-16(22)10-13)21-6-4-5-14(21)17(23)19(2)3/h9-10,12,14H,4-8,11H2,1-3H3,(H,18,22)/t12-,14?/m1/s1. The summed E-state index contributed by atoms with van der Waals surface area (Å²) in [7, 11) is 3.54. The Balaban J connectivity index is 1.91. The van der Waals surface area contributed by atoms with E-state index in [1.807, 2.05) is 11.0 Å². The first-order valence-corrected chi connectivity index (χ1v) is 8.54. The Bertz CT molecular complexity index is 657. The number of rotatable bonds is 3. The van der Waals surface area contributed by atoms with Crippen molar-refractivity contribution in [2.24, 2.45) is 0 Å². The van der Waals surface area contributed by atoms with Crippen LogP contribution in [0.4, 0.5) is 11.5 Å². The molecular weight excluding hydrogens is 308 g/mol. The Morgan fingerprint density at radius 3 is 2.79 bits per heavy atom. The van der Waals surface area contributed by atoms with Crippen LogP contribution in [0.5, 0.6) is 0 Å². The highest BCUT2D eigenvalue weighted by atomic mass is 16.5. The van der Waals surface area contributed by atoms with E-state index >= 15 is 0 Å². The van der Waals surface area contributed by atoms with Gasteiger partial charge in [0.2, 0.25) is 5.91 Å². The Hall–Kier alpha value is -2.02. The topological polar surface area (TPSA) is 68.9 Å². The maximum Gasteiger partial charge on any atom is 0.251 e. The second-order valence-electron chi connectivity index (χ2n) is 6.79. The van der Waals surface area contributed by atoms with Crippen LogP contribution >= 0.6 is 0 Å². The number of carbonyl (C=O) groups is 1. The molecule has 1 aromatic heterocycles. The molecule has 0 saturated carbocycles. The van der Waals surface area contributed by atoms with Crippen molar-refractivity contribution in [2.45, 2.75) is 31.8 Å². The number of amides is 1. The fourth-order valence-electron chi connectivity index (χ4n) is 3.56. The molecule has 2 aliphatic heterocycles. The molecule has 3 rings (SSSR count). The zero-order chi connectivity index (χ0) is 17.3. The number of likely N-dealkylation sites (N-methyl/N-ethyl adjacent to an activating group) is 1. The van der Waals surface area contributed by atoms with Crippen LogP contribution in [0.3, 0.4) is 0 Å². The Morgan fingerprint density at radius 1 is 1.29 bits per heavy atom. The molecular formula is C17H26N4O3. The van der Waals surface area contributed by atoms with Gasteiger partial charge < -0.3 is 24.4 Å². The van der Waals surface area contributed by atoms with Gasteiger partial charge in [-0.3, -0.25) is 9.59 Å². The van der Waals surface area contributed by atoms with Crippen molar-refractivity contribution in [1.29, 1.82) is 0 Å². The van der Waals surface area contributed by atoms with Crippen molar-refractivity contribution in [2.75, 3.05) is 50.2 Å². The molecule has 2 aliphatic rings. The zero-order valence-corrected chi connectivity index (χ0v) is 14.6. The molecule has 24 heavy (non-hydrogen) atoms. The second-order valence-corrected chi connectivity index (χ2v) is 6.79. The van der Waals surface area contributed by atoms with Gasteiger partial charge in [-0.25, -0.2) is 0 Å². The molecule has 2 fully saturated rings. The van der Waals surface area contributed by atoms with Gasteiger partial charge in [-0.2, -0.15) is 0 Å². The fraction of sp³-hybridized carbons (Fsp3) is 0.647. The number of anilines is 2. The predicted octanol–water partition coefficient (Wildman–Crippen LogP) is 0.657. The van der Waals surface area contributed by atoms with Gasteiger partial charge in [0.05, 0.1) is 13.2 Å². The minimum absolute atomic E-state index is 0.0819. The average Bonchev–Trinajstić information content (AvgIpc) is 3.03. The first-order valence-electron chi connectivity index (χ1n) is 8.54. The lowest BCUT2D eigenvalue weighted by atomic mass is 10.2. The van der Waals surface area contributed by atoms with E-state index in [9.17, 15) is 9.59 Å². The molecule has 7 nitrogen and oxygen atoms in total. The number of nitrogens with zero attached hydrogens (tertiary/aromatic N) is 3. The van der Waals surface area contributed by atoms with Crippen LogP contribution in [0.2, 0.25) is 0 Å². The molecule has 2 atom stereocenters. The maximum absolute atomic E-state index is 12.4. The number of aromatic amines is 1. The minimum atomic E-state index is -0.201. The molecule has 2 saturated heterocycles. The molecule has 1 unspecified atom stereocenters. The van der Waals surface area contributed by atoms with E-state index in [0.29, 0.717) is 13.2 Å². The highest BCUT2D eigenvalue weighted by Crippen LogP contribution is 2.28. The Morgan fingerprint density at radius 2 is 2.08 bits per heavy atom. The lowest BCUT2D eigenvalue weighted by Gasteiger charge is -2.36. The molecule has 7 heteroatoms. The Labute approximate surface area is 142 Å². The van der Waals surface area contributed by atoms with Crippen LogP contribution in [-0.2, 0) is 9.53 Å². The van der Waals surface area contributed by atoms with Crippen LogP contribution in [-0.4, -0.2) is 68.3 Å². The van der Waals surface area contributed by atoms with Gasteiger partial charge in [0.15, 0.2) is 0 Å². The van der Waals surface area contributed by atoms with Gasteiger partial charge in [-0.1, -0.05) is 0 Å². The summed E-state index contributed by atoms with van der Waals surface area (Å²) in [6, 6.07) is 3.65. The normalized spacial score (nSPS) is 24.3. The van der Waals surface area contributed by atoms with Crippen molar-refractivity contribution < 1.29 is 9.53 Å². The van der Waals surface area contributed by atoms with E-state index in [1.165, 1.54) is 0 Å². The number of pyridine rings is 1. The molecule has 0 aliphatic carbocycles. The van der Waals surface area contributed by atoms with E-state index in [4.69, 9.17) is 4.74 Å². The van der Waals surface area contributed by atoms with Gasteiger partial charge in [0.25, 0.3) is 5.56 Å². The molecule has 1 amide bonds. The third-order valence-corrected chi connectivity index (χ3v) is 4.80. The van der Waals surface area contributed by atoms with E-state index < -0.39 is 0 Å². The molecule has 0 aromatic carbocycles. The summed E-state index contributed by atoms with van der Waals surface area (Å²) in [5.74, 6) is 0.812. The smallest absolute Gasteiger partial charge is 0.251 e. The zero-order valence-electron chi connectivity index (χ0n) is 14.6. The van der Waals surface area contributed by atoms with E-state index in [2.05, 4.69) is 16.8 Å². The summed E-state index contributed by atoms with van der Waals surface area (Å²) in [5.41, 5.74) is 0.761. The van der Waals surface area contributed by atoms with E-state index in [-0.39, 0.29) is 23.6 Å². The quantitative estimate of drug-likeness (QED) is 0.879. The highest BCUT2D eigenvalue weighted by molar-refractivity contribution is 5.85. The van der Waals surface area contributed by atoms with Gasteiger partial charge in [-0.15, -0.1) is 0 Å². The maximum atomic E-state index is 12.4. The van der Waals surface area contributed by atoms with Crippen molar-refractivity contribution in [1.82, 2.24) is 9.88 Å². The number of ether oxygens (including phenoxy) is 1. The number of H-pyrrole nitrogens is 1. The SMILES string of the molecule is C[C@@H]1COCCN1c1cc(N2CCCC2C(=O)N(C)C)[nH]c(=O)c1. The van der Waals surface area contributed by atoms with Gasteiger partial charge in [0, 0.05) is 51.0 Å². The number of hydrogen-bond acceptors (Lipinski definition) is 5. The molecule has 0 spiro atoms.